The molecule has 1 saturated heterocycles. The van der Waals surface area contributed by atoms with E-state index in [0.29, 0.717) is 29.6 Å². The van der Waals surface area contributed by atoms with Gasteiger partial charge in [0.2, 0.25) is 0 Å². The molecule has 0 bridgehead atoms. The van der Waals surface area contributed by atoms with Crippen molar-refractivity contribution in [3.8, 4) is 0 Å². The Balaban J connectivity index is 1.27. The lowest BCUT2D eigenvalue weighted by Gasteiger charge is -2.59. The highest BCUT2D eigenvalue weighted by molar-refractivity contribution is 5.28. The second-order valence-corrected chi connectivity index (χ2v) is 15.8. The molecule has 4 fully saturated rings. The van der Waals surface area contributed by atoms with E-state index in [4.69, 9.17) is 9.47 Å². The predicted octanol–water partition coefficient (Wildman–Crippen LogP) is 4.82. The number of rotatable bonds is 9. The standard InChI is InChI=1S/C35H60O7/c1-7-21(19(2)3)9-8-20(4)24-10-11-25-29-26(13-15-35(24,25)6)34(5)14-12-23(16-22(34)17-27(29)37)41-33-32(40)31(39)30(38)28(18-36)42-33/h17,19-21,23-33,36-40H,7-16,18H2,1-6H3/t20-,21-,23+,24-,25+,26+,27-,28-,29?,30-,31+,32-,33-,34+,35-/m1/s1. The van der Waals surface area contributed by atoms with E-state index in [9.17, 15) is 25.5 Å². The topological polar surface area (TPSA) is 120 Å². The van der Waals surface area contributed by atoms with Crippen LogP contribution in [0.3, 0.4) is 0 Å². The fourth-order valence-electron chi connectivity index (χ4n) is 10.8. The quantitative estimate of drug-likeness (QED) is 0.244. The van der Waals surface area contributed by atoms with Crippen LogP contribution in [0.1, 0.15) is 106 Å². The van der Waals surface area contributed by atoms with Crippen LogP contribution in [-0.2, 0) is 9.47 Å². The van der Waals surface area contributed by atoms with E-state index in [1.54, 1.807) is 0 Å². The number of fused-ring (bicyclic) bond motifs is 5. The molecule has 15 atom stereocenters. The molecule has 5 rings (SSSR count). The van der Waals surface area contributed by atoms with E-state index in [1.807, 2.05) is 0 Å². The molecule has 1 heterocycles. The lowest BCUT2D eigenvalue weighted by molar-refractivity contribution is -0.313. The van der Waals surface area contributed by atoms with Crippen LogP contribution in [0.25, 0.3) is 0 Å². The molecule has 242 valence electrons. The van der Waals surface area contributed by atoms with E-state index in [2.05, 4.69) is 47.6 Å². The fraction of sp³-hybridized carbons (Fsp3) is 0.943. The molecular weight excluding hydrogens is 532 g/mol. The predicted molar refractivity (Wildman–Crippen MR) is 162 cm³/mol. The summed E-state index contributed by atoms with van der Waals surface area (Å²) in [7, 11) is 0. The van der Waals surface area contributed by atoms with Gasteiger partial charge in [-0.05, 0) is 104 Å². The van der Waals surface area contributed by atoms with Gasteiger partial charge in [-0.25, -0.2) is 0 Å². The fourth-order valence-corrected chi connectivity index (χ4v) is 10.8. The summed E-state index contributed by atoms with van der Waals surface area (Å²) < 4.78 is 11.8. The maximum absolute atomic E-state index is 11.7. The Morgan fingerprint density at radius 1 is 0.929 bits per heavy atom. The molecule has 3 saturated carbocycles. The second kappa shape index (κ2) is 12.7. The third-order valence-corrected chi connectivity index (χ3v) is 13.5. The van der Waals surface area contributed by atoms with Gasteiger partial charge in [-0.2, -0.15) is 0 Å². The Kier molecular flexibility index (Phi) is 9.92. The van der Waals surface area contributed by atoms with Gasteiger partial charge in [-0.15, -0.1) is 0 Å². The van der Waals surface area contributed by atoms with Gasteiger partial charge in [0.1, 0.15) is 24.4 Å². The van der Waals surface area contributed by atoms with Crippen molar-refractivity contribution in [3.05, 3.63) is 11.6 Å². The first-order valence-electron chi connectivity index (χ1n) is 17.2. The molecule has 5 aliphatic rings. The van der Waals surface area contributed by atoms with Crippen molar-refractivity contribution in [1.29, 1.82) is 0 Å². The Hall–Kier alpha value is -0.540. The monoisotopic (exact) mass is 592 g/mol. The largest absolute Gasteiger partial charge is 0.394 e. The van der Waals surface area contributed by atoms with E-state index in [0.717, 1.165) is 42.9 Å². The number of aliphatic hydroxyl groups excluding tert-OH is 5. The van der Waals surface area contributed by atoms with Crippen molar-refractivity contribution in [1.82, 2.24) is 0 Å². The molecule has 7 heteroatoms. The molecule has 42 heavy (non-hydrogen) atoms. The maximum atomic E-state index is 11.7. The number of ether oxygens (including phenoxy) is 2. The minimum Gasteiger partial charge on any atom is -0.394 e. The summed E-state index contributed by atoms with van der Waals surface area (Å²) in [6, 6.07) is 0. The molecule has 7 nitrogen and oxygen atoms in total. The molecule has 1 unspecified atom stereocenters. The van der Waals surface area contributed by atoms with Crippen LogP contribution in [0.5, 0.6) is 0 Å². The van der Waals surface area contributed by atoms with Gasteiger partial charge in [0.25, 0.3) is 0 Å². The second-order valence-electron chi connectivity index (χ2n) is 15.8. The highest BCUT2D eigenvalue weighted by Gasteiger charge is 2.61. The number of aliphatic hydroxyl groups is 5. The smallest absolute Gasteiger partial charge is 0.186 e. The Morgan fingerprint density at radius 3 is 2.33 bits per heavy atom. The van der Waals surface area contributed by atoms with Crippen molar-refractivity contribution in [3.63, 3.8) is 0 Å². The first kappa shape index (κ1) is 32.8. The van der Waals surface area contributed by atoms with Crippen LogP contribution in [0.4, 0.5) is 0 Å². The van der Waals surface area contributed by atoms with Gasteiger partial charge in [0.15, 0.2) is 6.29 Å². The van der Waals surface area contributed by atoms with Gasteiger partial charge in [-0.3, -0.25) is 0 Å². The van der Waals surface area contributed by atoms with Crippen LogP contribution >= 0.6 is 0 Å². The van der Waals surface area contributed by atoms with Crippen molar-refractivity contribution >= 4 is 0 Å². The normalized spacial score (nSPS) is 48.7. The molecule has 0 aromatic carbocycles. The molecule has 0 spiro atoms. The maximum Gasteiger partial charge on any atom is 0.186 e. The summed E-state index contributed by atoms with van der Waals surface area (Å²) in [5, 5.41) is 52.1. The van der Waals surface area contributed by atoms with Crippen molar-refractivity contribution in [2.45, 2.75) is 149 Å². The lowest BCUT2D eigenvalue weighted by Crippen LogP contribution is -2.60. The van der Waals surface area contributed by atoms with Crippen LogP contribution in [0.15, 0.2) is 11.6 Å². The number of hydrogen-bond acceptors (Lipinski definition) is 7. The third kappa shape index (κ3) is 5.67. The van der Waals surface area contributed by atoms with Gasteiger partial charge < -0.3 is 35.0 Å². The van der Waals surface area contributed by atoms with Crippen molar-refractivity contribution < 1.29 is 35.0 Å². The van der Waals surface area contributed by atoms with Crippen LogP contribution in [0.2, 0.25) is 0 Å². The van der Waals surface area contributed by atoms with E-state index >= 15 is 0 Å². The van der Waals surface area contributed by atoms with Crippen LogP contribution < -0.4 is 0 Å². The highest BCUT2D eigenvalue weighted by Crippen LogP contribution is 2.67. The zero-order chi connectivity index (χ0) is 30.6. The minimum absolute atomic E-state index is 0.0236. The number of hydrogen-bond donors (Lipinski definition) is 5. The van der Waals surface area contributed by atoms with Crippen LogP contribution in [0, 0.1) is 52.3 Å². The van der Waals surface area contributed by atoms with Gasteiger partial charge in [0, 0.05) is 0 Å². The first-order valence-corrected chi connectivity index (χ1v) is 17.2. The molecule has 1 aliphatic heterocycles. The summed E-state index contributed by atoms with van der Waals surface area (Å²) >= 11 is 0. The zero-order valence-corrected chi connectivity index (χ0v) is 27.0. The lowest BCUT2D eigenvalue weighted by atomic mass is 9.46. The molecule has 0 aromatic heterocycles. The summed E-state index contributed by atoms with van der Waals surface area (Å²) in [5.41, 5.74) is 1.57. The average Bonchev–Trinajstić information content (AvgIpc) is 3.31. The minimum atomic E-state index is -1.44. The van der Waals surface area contributed by atoms with Gasteiger partial charge in [-0.1, -0.05) is 66.0 Å². The molecule has 5 N–H and O–H groups in total. The zero-order valence-electron chi connectivity index (χ0n) is 27.0. The summed E-state index contributed by atoms with van der Waals surface area (Å²) in [4.78, 5) is 0. The Morgan fingerprint density at radius 2 is 1.67 bits per heavy atom. The molecule has 0 radical (unpaired) electrons. The van der Waals surface area contributed by atoms with Crippen molar-refractivity contribution in [2.24, 2.45) is 52.3 Å². The molecule has 0 amide bonds. The summed E-state index contributed by atoms with van der Waals surface area (Å²) in [6.07, 6.45) is 6.41. The van der Waals surface area contributed by atoms with Gasteiger partial charge >= 0.3 is 0 Å². The first-order chi connectivity index (χ1) is 19.8. The van der Waals surface area contributed by atoms with E-state index in [1.165, 1.54) is 44.1 Å². The summed E-state index contributed by atoms with van der Waals surface area (Å²) in [5.74, 6) is 4.35. The highest BCUT2D eigenvalue weighted by atomic mass is 16.7. The SMILES string of the molecule is CC[C@H](CC[C@@H](C)[C@H]1CC[C@H]2C3[C@H](O)C=C4C[C@@H](O[C@@H]5O[C@H](CO)[C@@H](O)[C@H](O)[C@H]5O)CC[C@]4(C)[C@H]3CC[C@]12C)C(C)C. The van der Waals surface area contributed by atoms with Crippen LogP contribution in [-0.4, -0.2) is 75.1 Å². The Bertz CT molecular complexity index is 952. The third-order valence-electron chi connectivity index (χ3n) is 13.5. The molecule has 0 aromatic rings. The van der Waals surface area contributed by atoms with E-state index in [-0.39, 0.29) is 11.5 Å². The summed E-state index contributed by atoms with van der Waals surface area (Å²) in [6.45, 7) is 14.1. The van der Waals surface area contributed by atoms with Crippen molar-refractivity contribution in [2.75, 3.05) is 6.61 Å². The Labute approximate surface area is 254 Å². The van der Waals surface area contributed by atoms with E-state index < -0.39 is 43.4 Å². The van der Waals surface area contributed by atoms with Gasteiger partial charge in [0.05, 0.1) is 18.8 Å². The molecule has 4 aliphatic carbocycles. The molecular formula is C35H60O7. The average molecular weight is 593 g/mol.